The Kier molecular flexibility index (Phi) is 9.04. The first-order chi connectivity index (χ1) is 17.4. The van der Waals surface area contributed by atoms with E-state index in [1.165, 1.54) is 19.3 Å². The Morgan fingerprint density at radius 2 is 1.84 bits per heavy atom. The molecule has 0 aromatic heterocycles. The van der Waals surface area contributed by atoms with Crippen molar-refractivity contribution in [3.05, 3.63) is 0 Å². The maximum absolute atomic E-state index is 12.1. The van der Waals surface area contributed by atoms with E-state index in [2.05, 4.69) is 33.0 Å². The molecule has 0 aromatic rings. The van der Waals surface area contributed by atoms with E-state index >= 15 is 0 Å². The van der Waals surface area contributed by atoms with Gasteiger partial charge in [0, 0.05) is 13.0 Å². The Balaban J connectivity index is 1.39. The highest BCUT2D eigenvalue weighted by atomic mass is 32.2. The van der Waals surface area contributed by atoms with Gasteiger partial charge in [-0.15, -0.1) is 0 Å². The number of rotatable bonds is 9. The summed E-state index contributed by atoms with van der Waals surface area (Å²) in [6, 6.07) is 0. The van der Waals surface area contributed by atoms with Gasteiger partial charge >= 0.3 is 0 Å². The minimum Gasteiger partial charge on any atom is -0.393 e. The summed E-state index contributed by atoms with van der Waals surface area (Å²) >= 11 is 0. The van der Waals surface area contributed by atoms with Gasteiger partial charge in [0.25, 0.3) is 10.1 Å². The van der Waals surface area contributed by atoms with Crippen LogP contribution in [-0.4, -0.2) is 53.6 Å². The molecular formula is C29H51NO6S. The molecule has 37 heavy (non-hydrogen) atoms. The highest BCUT2D eigenvalue weighted by molar-refractivity contribution is 7.85. The molecular weight excluding hydrogens is 490 g/mol. The Morgan fingerprint density at radius 3 is 2.51 bits per heavy atom. The predicted octanol–water partition coefficient (Wildman–Crippen LogP) is 4.28. The third kappa shape index (κ3) is 5.92. The van der Waals surface area contributed by atoms with Crippen molar-refractivity contribution >= 4 is 16.0 Å². The lowest BCUT2D eigenvalue weighted by Gasteiger charge is -2.64. The van der Waals surface area contributed by atoms with E-state index in [1.807, 2.05) is 0 Å². The largest absolute Gasteiger partial charge is 0.393 e. The van der Waals surface area contributed by atoms with Crippen LogP contribution in [0.5, 0.6) is 0 Å². The zero-order chi connectivity index (χ0) is 27.1. The number of amides is 1. The fraction of sp³-hybridized carbons (Fsp3) is 0.966. The Morgan fingerprint density at radius 1 is 1.11 bits per heavy atom. The maximum Gasteiger partial charge on any atom is 0.266 e. The molecule has 4 rings (SSSR count). The van der Waals surface area contributed by atoms with Crippen molar-refractivity contribution in [1.29, 1.82) is 0 Å². The van der Waals surface area contributed by atoms with E-state index in [0.717, 1.165) is 38.5 Å². The average Bonchev–Trinajstić information content (AvgIpc) is 3.26. The lowest BCUT2D eigenvalue weighted by molar-refractivity contribution is -0.199. The van der Waals surface area contributed by atoms with Gasteiger partial charge in [0.2, 0.25) is 5.91 Å². The van der Waals surface area contributed by atoms with E-state index < -0.39 is 15.9 Å². The standard InChI is InChI=1S/C29H51NO6S/c1-5-20-23-16-19(31)11-12-29(23,4)24-15-18(3)26-21(9-10-22(26)27(24)28(20)33)17(2)7-6-8-25(32)30-13-14-37(34,35)36/h17-24,26-28,31,33H,5-16H2,1-4H3,(H,30,32)(H,34,35,36)/t17-,18-,19-,20-,21-,22-,23+,24+,26-,27+,28-,29+/m1/s1. The second kappa shape index (κ2) is 11.4. The van der Waals surface area contributed by atoms with Crippen molar-refractivity contribution in [2.45, 2.75) is 104 Å². The highest BCUT2D eigenvalue weighted by Crippen LogP contribution is 2.67. The van der Waals surface area contributed by atoms with Gasteiger partial charge in [0.15, 0.2) is 0 Å². The van der Waals surface area contributed by atoms with E-state index in [4.69, 9.17) is 4.55 Å². The molecule has 0 unspecified atom stereocenters. The van der Waals surface area contributed by atoms with Crippen molar-refractivity contribution < 1.29 is 28.0 Å². The minimum atomic E-state index is -4.06. The summed E-state index contributed by atoms with van der Waals surface area (Å²) in [4.78, 5) is 12.1. The first kappa shape index (κ1) is 29.3. The van der Waals surface area contributed by atoms with Crippen LogP contribution in [0.1, 0.15) is 91.9 Å². The summed E-state index contributed by atoms with van der Waals surface area (Å²) in [7, 11) is -4.06. The van der Waals surface area contributed by atoms with Crippen LogP contribution in [0.3, 0.4) is 0 Å². The lowest BCUT2D eigenvalue weighted by Crippen LogP contribution is -2.61. The van der Waals surface area contributed by atoms with Crippen molar-refractivity contribution in [3.8, 4) is 0 Å². The van der Waals surface area contributed by atoms with Gasteiger partial charge in [0.1, 0.15) is 0 Å². The number of hydrogen-bond donors (Lipinski definition) is 4. The summed E-state index contributed by atoms with van der Waals surface area (Å²) in [5, 5.41) is 24.9. The number of aliphatic hydroxyl groups excluding tert-OH is 2. The third-order valence-corrected chi connectivity index (χ3v) is 12.3. The molecule has 7 nitrogen and oxygen atoms in total. The molecule has 214 valence electrons. The normalized spacial score (nSPS) is 44.4. The van der Waals surface area contributed by atoms with Gasteiger partial charge < -0.3 is 15.5 Å². The number of nitrogens with one attached hydrogen (secondary N) is 1. The number of carbonyl (C=O) groups excluding carboxylic acids is 1. The maximum atomic E-state index is 12.1. The van der Waals surface area contributed by atoms with Crippen LogP contribution in [0.25, 0.3) is 0 Å². The van der Waals surface area contributed by atoms with Crippen LogP contribution in [0.2, 0.25) is 0 Å². The van der Waals surface area contributed by atoms with Gasteiger partial charge in [-0.25, -0.2) is 0 Å². The van der Waals surface area contributed by atoms with Gasteiger partial charge in [-0.3, -0.25) is 9.35 Å². The fourth-order valence-electron chi connectivity index (χ4n) is 9.98. The van der Waals surface area contributed by atoms with Gasteiger partial charge in [-0.1, -0.05) is 34.1 Å². The molecule has 4 fully saturated rings. The Hall–Kier alpha value is -0.700. The van der Waals surface area contributed by atoms with Crippen LogP contribution in [0.4, 0.5) is 0 Å². The molecule has 0 heterocycles. The molecule has 4 saturated carbocycles. The highest BCUT2D eigenvalue weighted by Gasteiger charge is 2.63. The first-order valence-electron chi connectivity index (χ1n) is 14.9. The first-order valence-corrected chi connectivity index (χ1v) is 16.6. The van der Waals surface area contributed by atoms with E-state index in [1.54, 1.807) is 0 Å². The van der Waals surface area contributed by atoms with Crippen molar-refractivity contribution in [2.24, 2.45) is 58.7 Å². The molecule has 0 radical (unpaired) electrons. The summed E-state index contributed by atoms with van der Waals surface area (Å²) in [5.74, 6) is 3.95. The van der Waals surface area contributed by atoms with E-state index in [0.29, 0.717) is 53.8 Å². The lowest BCUT2D eigenvalue weighted by atomic mass is 9.42. The quantitative estimate of drug-likeness (QED) is 0.323. The minimum absolute atomic E-state index is 0.0561. The molecule has 4 aliphatic carbocycles. The SMILES string of the molecule is CC[C@H]1[C@@H](O)[C@H]2[C@@H]3CC[C@H]([C@H](C)CCCC(=O)NCCS(=O)(=O)O)[C@H]3[C@H](C)C[C@@H]2[C@@]2(C)CC[C@@H](O)C[C@@H]12. The number of aliphatic hydroxyl groups is 2. The van der Waals surface area contributed by atoms with Crippen LogP contribution in [0, 0.1) is 58.7 Å². The molecule has 0 spiro atoms. The van der Waals surface area contributed by atoms with Crippen LogP contribution in [0.15, 0.2) is 0 Å². The molecule has 0 saturated heterocycles. The molecule has 0 aliphatic heterocycles. The summed E-state index contributed by atoms with van der Waals surface area (Å²) < 4.78 is 30.5. The van der Waals surface area contributed by atoms with E-state index in [-0.39, 0.29) is 36.0 Å². The Bertz CT molecular complexity index is 910. The summed E-state index contributed by atoms with van der Waals surface area (Å²) in [6.45, 7) is 9.42. The van der Waals surface area contributed by atoms with E-state index in [9.17, 15) is 23.4 Å². The van der Waals surface area contributed by atoms with Gasteiger partial charge in [0.05, 0.1) is 18.0 Å². The van der Waals surface area contributed by atoms with Crippen molar-refractivity contribution in [1.82, 2.24) is 5.32 Å². The summed E-state index contributed by atoms with van der Waals surface area (Å²) in [5.41, 5.74) is 0.218. The Labute approximate surface area is 224 Å². The molecule has 0 bridgehead atoms. The topological polar surface area (TPSA) is 124 Å². The third-order valence-electron chi connectivity index (χ3n) is 11.6. The zero-order valence-electron chi connectivity index (χ0n) is 23.3. The second-order valence-electron chi connectivity index (χ2n) is 13.5. The van der Waals surface area contributed by atoms with Crippen molar-refractivity contribution in [2.75, 3.05) is 12.3 Å². The molecule has 12 atom stereocenters. The monoisotopic (exact) mass is 541 g/mol. The average molecular weight is 542 g/mol. The number of fused-ring (bicyclic) bond motifs is 5. The van der Waals surface area contributed by atoms with Crippen LogP contribution in [-0.2, 0) is 14.9 Å². The molecule has 0 aromatic carbocycles. The molecule has 8 heteroatoms. The summed E-state index contributed by atoms with van der Waals surface area (Å²) in [6.07, 6.45) is 9.02. The fourth-order valence-corrected chi connectivity index (χ4v) is 10.3. The second-order valence-corrected chi connectivity index (χ2v) is 15.1. The molecule has 1 amide bonds. The van der Waals surface area contributed by atoms with Gasteiger partial charge in [-0.05, 0) is 110 Å². The van der Waals surface area contributed by atoms with Crippen molar-refractivity contribution in [3.63, 3.8) is 0 Å². The molecule has 4 N–H and O–H groups in total. The zero-order valence-corrected chi connectivity index (χ0v) is 24.1. The predicted molar refractivity (Wildman–Crippen MR) is 144 cm³/mol. The number of hydrogen-bond acceptors (Lipinski definition) is 5. The smallest absolute Gasteiger partial charge is 0.266 e. The number of carbonyl (C=O) groups is 1. The molecule has 4 aliphatic rings. The van der Waals surface area contributed by atoms with Gasteiger partial charge in [-0.2, -0.15) is 8.42 Å². The van der Waals surface area contributed by atoms with Crippen LogP contribution < -0.4 is 5.32 Å². The van der Waals surface area contributed by atoms with Crippen LogP contribution >= 0.6 is 0 Å².